The molecule has 3 aromatic rings. The van der Waals surface area contributed by atoms with Crippen molar-refractivity contribution in [1.82, 2.24) is 4.98 Å². The van der Waals surface area contributed by atoms with Crippen molar-refractivity contribution in [3.63, 3.8) is 0 Å². The number of hydrogen-bond donors (Lipinski definition) is 0. The number of ether oxygens (including phenoxy) is 3. The highest BCUT2D eigenvalue weighted by Gasteiger charge is 2.50. The molecule has 0 N–H and O–H groups in total. The van der Waals surface area contributed by atoms with E-state index < -0.39 is 5.41 Å². The van der Waals surface area contributed by atoms with Crippen LogP contribution in [0.2, 0.25) is 0 Å². The molecule has 5 rings (SSSR count). The van der Waals surface area contributed by atoms with Crippen LogP contribution >= 0.6 is 0 Å². The van der Waals surface area contributed by atoms with Crippen LogP contribution in [-0.2, 0) is 23.1 Å². The predicted octanol–water partition coefficient (Wildman–Crippen LogP) is 4.25. The fourth-order valence-electron chi connectivity index (χ4n) is 4.18. The molecule has 2 aliphatic rings. The lowest BCUT2D eigenvalue weighted by atomic mass is 9.87. The number of hydrogen-bond acceptors (Lipinski definition) is 5. The monoisotopic (exact) mass is 401 g/mol. The van der Waals surface area contributed by atoms with Crippen LogP contribution < -0.4 is 14.2 Å². The van der Waals surface area contributed by atoms with E-state index in [1.54, 1.807) is 13.3 Å². The Balaban J connectivity index is 1.33. The quantitative estimate of drug-likeness (QED) is 0.592. The minimum absolute atomic E-state index is 0.242. The van der Waals surface area contributed by atoms with Crippen LogP contribution in [0.15, 0.2) is 60.8 Å². The highest BCUT2D eigenvalue weighted by atomic mass is 16.7. The van der Waals surface area contributed by atoms with Crippen molar-refractivity contribution >= 4 is 5.78 Å². The zero-order valence-corrected chi connectivity index (χ0v) is 16.9. The second-order valence-corrected chi connectivity index (χ2v) is 7.89. The number of fused-ring (bicyclic) bond motifs is 1. The van der Waals surface area contributed by atoms with Gasteiger partial charge in [-0.3, -0.25) is 9.78 Å². The number of Topliss-reactive ketones (excluding diaryl/α,β-unsaturated/α-hetero) is 1. The maximum Gasteiger partial charge on any atom is 0.231 e. The average Bonchev–Trinajstić information content (AvgIpc) is 3.45. The summed E-state index contributed by atoms with van der Waals surface area (Å²) < 4.78 is 16.3. The summed E-state index contributed by atoms with van der Waals surface area (Å²) in [7, 11) is 1.67. The summed E-state index contributed by atoms with van der Waals surface area (Å²) in [5.41, 5.74) is 3.63. The van der Waals surface area contributed by atoms with Crippen LogP contribution in [0.4, 0.5) is 0 Å². The minimum Gasteiger partial charge on any atom is -0.496 e. The van der Waals surface area contributed by atoms with Crippen LogP contribution in [0.5, 0.6) is 17.2 Å². The number of para-hydroxylation sites is 1. The van der Waals surface area contributed by atoms with Gasteiger partial charge < -0.3 is 14.2 Å². The smallest absolute Gasteiger partial charge is 0.231 e. The Morgan fingerprint density at radius 1 is 1.07 bits per heavy atom. The second-order valence-electron chi connectivity index (χ2n) is 7.89. The number of benzene rings is 2. The number of aromatic nitrogens is 1. The first-order chi connectivity index (χ1) is 14.7. The molecule has 1 fully saturated rings. The average molecular weight is 401 g/mol. The summed E-state index contributed by atoms with van der Waals surface area (Å²) in [6, 6.07) is 17.8. The Kier molecular flexibility index (Phi) is 4.66. The van der Waals surface area contributed by atoms with Gasteiger partial charge in [-0.15, -0.1) is 0 Å². The molecule has 0 atom stereocenters. The Bertz CT molecular complexity index is 1100. The molecule has 0 spiro atoms. The zero-order chi connectivity index (χ0) is 20.6. The molecule has 152 valence electrons. The largest absolute Gasteiger partial charge is 0.496 e. The van der Waals surface area contributed by atoms with Crippen LogP contribution in [0.1, 0.15) is 35.2 Å². The molecular weight excluding hydrogens is 378 g/mol. The molecule has 1 saturated carbocycles. The lowest BCUT2D eigenvalue weighted by molar-refractivity contribution is -0.120. The van der Waals surface area contributed by atoms with Gasteiger partial charge >= 0.3 is 0 Å². The number of pyridine rings is 1. The van der Waals surface area contributed by atoms with Crippen LogP contribution in [0, 0.1) is 0 Å². The van der Waals surface area contributed by atoms with Gasteiger partial charge in [0.2, 0.25) is 6.79 Å². The van der Waals surface area contributed by atoms with E-state index in [0.717, 1.165) is 52.5 Å². The van der Waals surface area contributed by atoms with Crippen molar-refractivity contribution in [3.05, 3.63) is 83.2 Å². The SMILES string of the molecule is COc1ccccc1Cc1cc(CC(=O)C2(c3ccc4c(c3)OCO4)CC2)ccn1. The maximum atomic E-state index is 13.3. The van der Waals surface area contributed by atoms with Gasteiger partial charge in [-0.05, 0) is 54.3 Å². The van der Waals surface area contributed by atoms with Crippen molar-refractivity contribution in [1.29, 1.82) is 0 Å². The molecular formula is C25H23NO4. The number of carbonyl (C=O) groups is 1. The van der Waals surface area contributed by atoms with E-state index in [1.807, 2.05) is 54.6 Å². The molecule has 0 unspecified atom stereocenters. The molecule has 2 aromatic carbocycles. The molecule has 30 heavy (non-hydrogen) atoms. The number of ketones is 1. The van der Waals surface area contributed by atoms with Gasteiger partial charge in [0.1, 0.15) is 11.5 Å². The minimum atomic E-state index is -0.396. The van der Waals surface area contributed by atoms with Gasteiger partial charge in [-0.2, -0.15) is 0 Å². The van der Waals surface area contributed by atoms with E-state index in [-0.39, 0.29) is 12.6 Å². The van der Waals surface area contributed by atoms with Crippen LogP contribution in [0.3, 0.4) is 0 Å². The van der Waals surface area contributed by atoms with E-state index in [2.05, 4.69) is 4.98 Å². The molecule has 2 heterocycles. The lowest BCUT2D eigenvalue weighted by Gasteiger charge is -2.15. The van der Waals surface area contributed by atoms with Crippen molar-refractivity contribution in [2.45, 2.75) is 31.1 Å². The summed E-state index contributed by atoms with van der Waals surface area (Å²) in [4.78, 5) is 17.8. The Labute approximate surface area is 175 Å². The molecule has 0 bridgehead atoms. The van der Waals surface area contributed by atoms with E-state index in [1.165, 1.54) is 0 Å². The van der Waals surface area contributed by atoms with Crippen molar-refractivity contribution < 1.29 is 19.0 Å². The molecule has 1 aliphatic carbocycles. The van der Waals surface area contributed by atoms with E-state index >= 15 is 0 Å². The molecule has 0 saturated heterocycles. The van der Waals surface area contributed by atoms with Gasteiger partial charge in [-0.25, -0.2) is 0 Å². The van der Waals surface area contributed by atoms with Crippen molar-refractivity contribution in [3.8, 4) is 17.2 Å². The van der Waals surface area contributed by atoms with Crippen LogP contribution in [0.25, 0.3) is 0 Å². The van der Waals surface area contributed by atoms with Crippen molar-refractivity contribution in [2.75, 3.05) is 13.9 Å². The first-order valence-electron chi connectivity index (χ1n) is 10.2. The molecule has 5 heteroatoms. The Morgan fingerprint density at radius 2 is 1.90 bits per heavy atom. The third-order valence-electron chi connectivity index (χ3n) is 6.02. The predicted molar refractivity (Wildman–Crippen MR) is 112 cm³/mol. The second kappa shape index (κ2) is 7.48. The first-order valence-corrected chi connectivity index (χ1v) is 10.2. The van der Waals surface area contributed by atoms with E-state index in [0.29, 0.717) is 12.8 Å². The molecule has 1 aliphatic heterocycles. The van der Waals surface area contributed by atoms with Gasteiger partial charge in [0.15, 0.2) is 11.5 Å². The lowest BCUT2D eigenvalue weighted by Crippen LogP contribution is -2.22. The van der Waals surface area contributed by atoms with Gasteiger partial charge in [0.25, 0.3) is 0 Å². The number of carbonyl (C=O) groups excluding carboxylic acids is 1. The Morgan fingerprint density at radius 3 is 2.73 bits per heavy atom. The normalized spacial score (nSPS) is 15.6. The summed E-state index contributed by atoms with van der Waals surface area (Å²) in [6.07, 6.45) is 4.61. The Hall–Kier alpha value is -3.34. The summed E-state index contributed by atoms with van der Waals surface area (Å²) in [6.45, 7) is 0.242. The van der Waals surface area contributed by atoms with Gasteiger partial charge in [0, 0.05) is 30.3 Å². The highest BCUT2D eigenvalue weighted by molar-refractivity contribution is 5.94. The van der Waals surface area contributed by atoms with E-state index in [4.69, 9.17) is 14.2 Å². The summed E-state index contributed by atoms with van der Waals surface area (Å²) >= 11 is 0. The maximum absolute atomic E-state index is 13.3. The van der Waals surface area contributed by atoms with Crippen molar-refractivity contribution in [2.24, 2.45) is 0 Å². The summed E-state index contributed by atoms with van der Waals surface area (Å²) in [5.74, 6) is 2.57. The number of nitrogens with zero attached hydrogens (tertiary/aromatic N) is 1. The van der Waals surface area contributed by atoms with Crippen LogP contribution in [-0.4, -0.2) is 24.7 Å². The molecule has 0 radical (unpaired) electrons. The fourth-order valence-corrected chi connectivity index (χ4v) is 4.18. The molecule has 5 nitrogen and oxygen atoms in total. The van der Waals surface area contributed by atoms with Gasteiger partial charge in [-0.1, -0.05) is 24.3 Å². The fraction of sp³-hybridized carbons (Fsp3) is 0.280. The van der Waals surface area contributed by atoms with Gasteiger partial charge in [0.05, 0.1) is 12.5 Å². The van der Waals surface area contributed by atoms with E-state index in [9.17, 15) is 4.79 Å². The standard InChI is InChI=1S/C25H23NO4/c1-28-21-5-3-2-4-18(21)14-20-12-17(8-11-26-20)13-24(27)25(9-10-25)19-6-7-22-23(15-19)30-16-29-22/h2-8,11-12,15H,9-10,13-14,16H2,1H3. The number of methoxy groups -OCH3 is 1. The third-order valence-corrected chi connectivity index (χ3v) is 6.02. The molecule has 0 amide bonds. The topological polar surface area (TPSA) is 57.7 Å². The summed E-state index contributed by atoms with van der Waals surface area (Å²) in [5, 5.41) is 0. The highest BCUT2D eigenvalue weighted by Crippen LogP contribution is 2.51. The third kappa shape index (κ3) is 3.41. The first kappa shape index (κ1) is 18.7. The zero-order valence-electron chi connectivity index (χ0n) is 16.9. The number of rotatable bonds is 7. The molecule has 1 aromatic heterocycles.